The van der Waals surface area contributed by atoms with Crippen molar-refractivity contribution >= 4 is 11.9 Å². The molecule has 0 heterocycles. The van der Waals surface area contributed by atoms with Crippen LogP contribution < -0.4 is 0 Å². The molecule has 3 fully saturated rings. The quantitative estimate of drug-likeness (QED) is 0.272. The van der Waals surface area contributed by atoms with E-state index in [1.807, 2.05) is 19.9 Å². The van der Waals surface area contributed by atoms with Crippen LogP contribution in [0.15, 0.2) is 34.4 Å². The fraction of sp³-hybridized carbons (Fsp3) is 0.733. The molecule has 4 rings (SSSR count). The van der Waals surface area contributed by atoms with E-state index in [1.165, 1.54) is 12.5 Å². The molecule has 0 aromatic rings. The number of carbonyl (C=O) groups is 2. The van der Waals surface area contributed by atoms with Crippen LogP contribution in [-0.4, -0.2) is 45.6 Å². The molecule has 0 unspecified atom stereocenters. The first-order chi connectivity index (χ1) is 16.8. The molecular weight excluding hydrogens is 456 g/mol. The number of aliphatic carboxylic acids is 1. The summed E-state index contributed by atoms with van der Waals surface area (Å²) in [6, 6.07) is 0. The van der Waals surface area contributed by atoms with Crippen molar-refractivity contribution in [1.29, 1.82) is 0 Å². The number of hydrogen-bond donors (Lipinski definition) is 3. The van der Waals surface area contributed by atoms with Gasteiger partial charge in [-0.25, -0.2) is 4.79 Å². The Labute approximate surface area is 215 Å². The molecular formula is C30H44O6. The molecule has 0 radical (unpaired) electrons. The number of aliphatic hydroxyl groups is 2. The molecule has 6 heteroatoms. The summed E-state index contributed by atoms with van der Waals surface area (Å²) in [5.74, 6) is -1.15. The lowest BCUT2D eigenvalue weighted by Gasteiger charge is -2.60. The number of rotatable bonds is 5. The molecule has 0 saturated heterocycles. The number of fused-ring (bicyclic) bond motifs is 5. The molecule has 3 N–H and O–H groups in total. The Hall–Kier alpha value is -1.92. The summed E-state index contributed by atoms with van der Waals surface area (Å²) in [6.07, 6.45) is 7.22. The molecule has 6 nitrogen and oxygen atoms in total. The minimum Gasteiger partial charge on any atom is -0.478 e. The van der Waals surface area contributed by atoms with Crippen LogP contribution in [0.1, 0.15) is 86.5 Å². The highest BCUT2D eigenvalue weighted by Crippen LogP contribution is 2.67. The molecule has 200 valence electrons. The lowest BCUT2D eigenvalue weighted by atomic mass is 9.45. The Morgan fingerprint density at radius 2 is 1.86 bits per heavy atom. The zero-order valence-corrected chi connectivity index (χ0v) is 22.7. The van der Waals surface area contributed by atoms with Gasteiger partial charge in [0.15, 0.2) is 0 Å². The predicted octanol–water partition coefficient (Wildman–Crippen LogP) is 5.20. The highest BCUT2D eigenvalue weighted by Gasteiger charge is 2.63. The zero-order chi connectivity index (χ0) is 26.6. The van der Waals surface area contributed by atoms with Gasteiger partial charge in [0.25, 0.3) is 0 Å². The smallest absolute Gasteiger partial charge is 0.331 e. The summed E-state index contributed by atoms with van der Waals surface area (Å²) in [5, 5.41) is 32.5. The molecule has 0 bridgehead atoms. The Balaban J connectivity index is 1.81. The third-order valence-corrected chi connectivity index (χ3v) is 10.2. The highest BCUT2D eigenvalue weighted by molar-refractivity contribution is 5.88. The van der Waals surface area contributed by atoms with Crippen LogP contribution in [0.25, 0.3) is 0 Å². The molecule has 36 heavy (non-hydrogen) atoms. The van der Waals surface area contributed by atoms with Crippen molar-refractivity contribution < 1.29 is 29.6 Å². The normalized spacial score (nSPS) is 42.9. The Kier molecular flexibility index (Phi) is 7.35. The van der Waals surface area contributed by atoms with Crippen LogP contribution in [0.5, 0.6) is 0 Å². The van der Waals surface area contributed by atoms with E-state index in [0.717, 1.165) is 24.8 Å². The van der Waals surface area contributed by atoms with Crippen LogP contribution in [0.2, 0.25) is 0 Å². The average Bonchev–Trinajstić information content (AvgIpc) is 3.04. The maximum Gasteiger partial charge on any atom is 0.331 e. The second-order valence-corrected chi connectivity index (χ2v) is 12.6. The van der Waals surface area contributed by atoms with Gasteiger partial charge in [-0.1, -0.05) is 44.1 Å². The van der Waals surface area contributed by atoms with Crippen LogP contribution in [-0.2, 0) is 14.3 Å². The van der Waals surface area contributed by atoms with Gasteiger partial charge >= 0.3 is 11.9 Å². The van der Waals surface area contributed by atoms with Crippen molar-refractivity contribution in [2.75, 3.05) is 0 Å². The summed E-state index contributed by atoms with van der Waals surface area (Å²) in [5.41, 5.74) is 2.85. The van der Waals surface area contributed by atoms with Crippen molar-refractivity contribution in [3.05, 3.63) is 34.4 Å². The standard InChI is InChI=1S/C30H44O6/c1-16(2)8-7-9-19(28(34)35)26-22-14-24(33)27-21(30(22,6)15-25(26)36-18(4)31)11-10-20-17(3)23(32)12-13-29(20,27)5/h8,11,17,20,22-25,27,32-33H,7,9-10,12-15H2,1-6H3,(H,34,35)/b26-19-/t17-,20-,22-,23+,24+,25-,27+,29-,30+/m0/s1. The minimum absolute atomic E-state index is 0.0382. The molecule has 0 spiro atoms. The molecule has 0 amide bonds. The fourth-order valence-corrected chi connectivity index (χ4v) is 8.50. The van der Waals surface area contributed by atoms with E-state index in [4.69, 9.17) is 4.74 Å². The van der Waals surface area contributed by atoms with Gasteiger partial charge < -0.3 is 20.1 Å². The summed E-state index contributed by atoms with van der Waals surface area (Å²) in [6.45, 7) is 12.0. The number of aliphatic hydroxyl groups excluding tert-OH is 2. The average molecular weight is 501 g/mol. The van der Waals surface area contributed by atoms with Crippen LogP contribution in [0.4, 0.5) is 0 Å². The zero-order valence-electron chi connectivity index (χ0n) is 22.7. The molecule has 9 atom stereocenters. The van der Waals surface area contributed by atoms with Gasteiger partial charge in [0.2, 0.25) is 0 Å². The summed E-state index contributed by atoms with van der Waals surface area (Å²) >= 11 is 0. The van der Waals surface area contributed by atoms with Crippen LogP contribution in [0.3, 0.4) is 0 Å². The number of carboxylic acid groups (broad SMARTS) is 1. The molecule has 3 saturated carbocycles. The van der Waals surface area contributed by atoms with E-state index in [9.17, 15) is 24.9 Å². The van der Waals surface area contributed by atoms with E-state index >= 15 is 0 Å². The second-order valence-electron chi connectivity index (χ2n) is 12.6. The Morgan fingerprint density at radius 1 is 1.17 bits per heavy atom. The molecule has 4 aliphatic carbocycles. The van der Waals surface area contributed by atoms with Crippen molar-refractivity contribution in [3.8, 4) is 0 Å². The van der Waals surface area contributed by atoms with Crippen LogP contribution in [0, 0.1) is 34.5 Å². The van der Waals surface area contributed by atoms with E-state index in [0.29, 0.717) is 42.7 Å². The number of esters is 1. The number of allylic oxidation sites excluding steroid dienone is 3. The van der Waals surface area contributed by atoms with Crippen molar-refractivity contribution in [2.45, 2.75) is 105 Å². The maximum atomic E-state index is 12.5. The highest BCUT2D eigenvalue weighted by atomic mass is 16.5. The molecule has 0 aliphatic heterocycles. The largest absolute Gasteiger partial charge is 0.478 e. The van der Waals surface area contributed by atoms with E-state index in [1.54, 1.807) is 0 Å². The lowest BCUT2D eigenvalue weighted by Crippen LogP contribution is -2.56. The van der Waals surface area contributed by atoms with E-state index < -0.39 is 24.1 Å². The minimum atomic E-state index is -0.968. The van der Waals surface area contributed by atoms with Gasteiger partial charge in [0, 0.05) is 18.4 Å². The van der Waals surface area contributed by atoms with Gasteiger partial charge in [0.1, 0.15) is 6.10 Å². The Bertz CT molecular complexity index is 1000. The summed E-state index contributed by atoms with van der Waals surface area (Å²) in [4.78, 5) is 24.6. The first-order valence-electron chi connectivity index (χ1n) is 13.6. The van der Waals surface area contributed by atoms with E-state index in [2.05, 4.69) is 26.8 Å². The predicted molar refractivity (Wildman–Crippen MR) is 138 cm³/mol. The maximum absolute atomic E-state index is 12.5. The van der Waals surface area contributed by atoms with Gasteiger partial charge in [-0.2, -0.15) is 0 Å². The van der Waals surface area contributed by atoms with Crippen molar-refractivity contribution in [1.82, 2.24) is 0 Å². The monoisotopic (exact) mass is 500 g/mol. The third kappa shape index (κ3) is 4.38. The SMILES string of the molecule is CC(=O)O[C@H]1C[C@]2(C)C3=CC[C@H]4[C@H](C)[C@H](O)CC[C@]4(C)[C@H]3[C@H](O)C[C@H]2/C1=C(\CCC=C(C)C)C(=O)O. The first-order valence-corrected chi connectivity index (χ1v) is 13.6. The van der Waals surface area contributed by atoms with Crippen LogP contribution >= 0.6 is 0 Å². The number of hydrogen-bond acceptors (Lipinski definition) is 5. The first kappa shape index (κ1) is 27.1. The number of carbonyl (C=O) groups excluding carboxylic acids is 1. The van der Waals surface area contributed by atoms with Crippen molar-refractivity contribution in [3.63, 3.8) is 0 Å². The lowest BCUT2D eigenvalue weighted by molar-refractivity contribution is -0.145. The van der Waals surface area contributed by atoms with Crippen molar-refractivity contribution in [2.24, 2.45) is 34.5 Å². The number of ether oxygens (including phenoxy) is 1. The van der Waals surface area contributed by atoms with Gasteiger partial charge in [-0.3, -0.25) is 4.79 Å². The molecule has 4 aliphatic rings. The van der Waals surface area contributed by atoms with Gasteiger partial charge in [-0.05, 0) is 93.0 Å². The number of carboxylic acids is 1. The van der Waals surface area contributed by atoms with Gasteiger partial charge in [-0.15, -0.1) is 0 Å². The topological polar surface area (TPSA) is 104 Å². The molecule has 0 aromatic heterocycles. The third-order valence-electron chi connectivity index (χ3n) is 10.2. The van der Waals surface area contributed by atoms with Gasteiger partial charge in [0.05, 0.1) is 12.2 Å². The van der Waals surface area contributed by atoms with E-state index in [-0.39, 0.29) is 34.7 Å². The Morgan fingerprint density at radius 3 is 2.47 bits per heavy atom. The summed E-state index contributed by atoms with van der Waals surface area (Å²) < 4.78 is 5.80. The fourth-order valence-electron chi connectivity index (χ4n) is 8.50. The summed E-state index contributed by atoms with van der Waals surface area (Å²) in [7, 11) is 0. The second kappa shape index (κ2) is 9.75. The molecule has 0 aromatic carbocycles.